The first-order valence-electron chi connectivity index (χ1n) is 24.7. The van der Waals surface area contributed by atoms with Crippen molar-refractivity contribution in [1.82, 2.24) is 0 Å². The second kappa shape index (κ2) is 13.1. The van der Waals surface area contributed by atoms with Crippen LogP contribution in [-0.2, 0) is 37.9 Å². The third-order valence-corrected chi connectivity index (χ3v) is 17.4. The average molecular weight is 855 g/mol. The summed E-state index contributed by atoms with van der Waals surface area (Å²) in [6.45, 7) is 39.1. The zero-order valence-corrected chi connectivity index (χ0v) is 42.4. The molecule has 0 fully saturated rings. The van der Waals surface area contributed by atoms with E-state index in [1.165, 1.54) is 106 Å². The van der Waals surface area contributed by atoms with Crippen LogP contribution in [0.1, 0.15) is 172 Å². The minimum atomic E-state index is -0.198. The van der Waals surface area contributed by atoms with E-state index in [1.54, 1.807) is 0 Å². The predicted octanol–water partition coefficient (Wildman–Crippen LogP) is 14.6. The van der Waals surface area contributed by atoms with Gasteiger partial charge >= 0.3 is 0 Å². The second-order valence-corrected chi connectivity index (χ2v) is 25.8. The molecule has 0 atom stereocenters. The molecule has 0 amide bonds. The molecule has 0 unspecified atom stereocenters. The lowest BCUT2D eigenvalue weighted by atomic mass is 9.33. The van der Waals surface area contributed by atoms with Gasteiger partial charge in [-0.3, -0.25) is 0 Å². The number of rotatable bonds is 4. The van der Waals surface area contributed by atoms with Crippen molar-refractivity contribution >= 4 is 57.2 Å². The lowest BCUT2D eigenvalue weighted by Crippen LogP contribution is -2.62. The summed E-state index contributed by atoms with van der Waals surface area (Å²) in [5, 5.41) is 0. The number of anilines is 6. The molecule has 2 aliphatic heterocycles. The summed E-state index contributed by atoms with van der Waals surface area (Å²) in [4.78, 5) is 5.38. The van der Waals surface area contributed by atoms with E-state index in [4.69, 9.17) is 0 Å². The molecule has 0 saturated carbocycles. The van der Waals surface area contributed by atoms with E-state index in [1.807, 2.05) is 0 Å². The number of hydrogen-bond acceptors (Lipinski definition) is 2. The van der Waals surface area contributed by atoms with E-state index in [0.29, 0.717) is 0 Å². The molecule has 6 aromatic rings. The first kappa shape index (κ1) is 42.6. The number of aryl methyl sites for hydroxylation is 2. The lowest BCUT2D eigenvalue weighted by Gasteiger charge is -2.46. The van der Waals surface area contributed by atoms with Crippen LogP contribution in [0.15, 0.2) is 103 Å². The highest BCUT2D eigenvalue weighted by molar-refractivity contribution is 7.00. The maximum Gasteiger partial charge on any atom is 0.252 e. The summed E-state index contributed by atoms with van der Waals surface area (Å²) in [7, 11) is 0. The van der Waals surface area contributed by atoms with Gasteiger partial charge in [-0.1, -0.05) is 158 Å². The Kier molecular flexibility index (Phi) is 8.60. The van der Waals surface area contributed by atoms with Gasteiger partial charge in [0.2, 0.25) is 0 Å². The molecule has 0 aromatic heterocycles. The zero-order valence-electron chi connectivity index (χ0n) is 42.4. The van der Waals surface area contributed by atoms with Gasteiger partial charge in [0.25, 0.3) is 6.71 Å². The number of hydrogen-bond donors (Lipinski definition) is 0. The van der Waals surface area contributed by atoms with Crippen molar-refractivity contribution in [2.45, 2.75) is 168 Å². The molecular weight excluding hydrogens is 784 g/mol. The lowest BCUT2D eigenvalue weighted by molar-refractivity contribution is 0.402. The van der Waals surface area contributed by atoms with Crippen molar-refractivity contribution in [2.75, 3.05) is 9.80 Å². The van der Waals surface area contributed by atoms with E-state index in [2.05, 4.69) is 224 Å². The van der Waals surface area contributed by atoms with Crippen LogP contribution >= 0.6 is 0 Å². The maximum absolute atomic E-state index is 2.73. The summed E-state index contributed by atoms with van der Waals surface area (Å²) in [5.74, 6) is 0. The Morgan fingerprint density at radius 2 is 0.908 bits per heavy atom. The van der Waals surface area contributed by atoms with Crippen molar-refractivity contribution < 1.29 is 0 Å². The molecule has 0 spiro atoms. The maximum atomic E-state index is 2.73. The van der Waals surface area contributed by atoms with Crippen LogP contribution in [0.4, 0.5) is 34.1 Å². The average Bonchev–Trinajstić information content (AvgIpc) is 3.62. The zero-order chi connectivity index (χ0) is 46.3. The largest absolute Gasteiger partial charge is 0.311 e. The summed E-state index contributed by atoms with van der Waals surface area (Å²) in [6.07, 6.45) is 3.43. The van der Waals surface area contributed by atoms with E-state index in [-0.39, 0.29) is 44.6 Å². The van der Waals surface area contributed by atoms with Crippen molar-refractivity contribution in [2.24, 2.45) is 0 Å². The van der Waals surface area contributed by atoms with Crippen LogP contribution < -0.4 is 26.2 Å². The number of benzene rings is 6. The number of nitrogens with zero attached hydrogens (tertiary/aromatic N) is 2. The van der Waals surface area contributed by atoms with Crippen LogP contribution in [-0.4, -0.2) is 6.71 Å². The Bertz CT molecular complexity index is 3030. The second-order valence-electron chi connectivity index (χ2n) is 25.8. The first-order chi connectivity index (χ1) is 30.2. The standard InChI is InChI=1S/C62H71BN2/c1-37-26-53-55-54(27-37)65(51-32-46-43(28-38(51)2)57(5,6)35-60(46,11)12)52-33-47-45(59(9,10)36-61(47,13)14)31-49(52)63(55)48-29-40(62(15,16)39-20-18-17-19-21-39)22-25-50(48)64(53)41-23-24-42-44(30-41)58(7,8)34-56(42,3)4/h17-33H,34-36H2,1-16H3. The van der Waals surface area contributed by atoms with Gasteiger partial charge in [-0.15, -0.1) is 0 Å². The van der Waals surface area contributed by atoms with Gasteiger partial charge in [0, 0.05) is 39.5 Å². The quantitative estimate of drug-likeness (QED) is 0.163. The highest BCUT2D eigenvalue weighted by Gasteiger charge is 2.50. The van der Waals surface area contributed by atoms with E-state index >= 15 is 0 Å². The molecular formula is C62H71BN2. The predicted molar refractivity (Wildman–Crippen MR) is 281 cm³/mol. The van der Waals surface area contributed by atoms with Crippen LogP contribution in [0.2, 0.25) is 0 Å². The van der Waals surface area contributed by atoms with Crippen molar-refractivity contribution in [3.8, 4) is 0 Å². The molecule has 6 aromatic carbocycles. The summed E-state index contributed by atoms with van der Waals surface area (Å²) < 4.78 is 0. The van der Waals surface area contributed by atoms with E-state index in [0.717, 1.165) is 19.3 Å². The first-order valence-corrected chi connectivity index (χ1v) is 24.7. The third kappa shape index (κ3) is 5.98. The molecule has 5 aliphatic rings. The van der Waals surface area contributed by atoms with Crippen LogP contribution in [0.25, 0.3) is 0 Å². The van der Waals surface area contributed by atoms with Gasteiger partial charge in [0.1, 0.15) is 0 Å². The highest BCUT2D eigenvalue weighted by atomic mass is 15.2. The molecule has 3 aliphatic carbocycles. The number of fused-ring (bicyclic) bond motifs is 7. The fourth-order valence-corrected chi connectivity index (χ4v) is 15.0. The van der Waals surface area contributed by atoms with Crippen LogP contribution in [0, 0.1) is 13.8 Å². The third-order valence-electron chi connectivity index (χ3n) is 17.4. The normalized spacial score (nSPS) is 20.5. The van der Waals surface area contributed by atoms with Gasteiger partial charge < -0.3 is 9.80 Å². The van der Waals surface area contributed by atoms with Gasteiger partial charge in [0.05, 0.1) is 0 Å². The summed E-state index contributed by atoms with van der Waals surface area (Å²) in [6, 6.07) is 41.6. The SMILES string of the molecule is Cc1cc2c3c(c1)N(c1cc4c(cc1C)C(C)(C)CC4(C)C)c1cc4c(cc1B3c1cc(C(C)(C)c3ccccc3)ccc1N2c1ccc2c(c1)C(C)(C)CC2(C)C)C(C)(C)CC4(C)C. The monoisotopic (exact) mass is 855 g/mol. The fourth-order valence-electron chi connectivity index (χ4n) is 15.0. The Morgan fingerprint density at radius 1 is 0.415 bits per heavy atom. The van der Waals surface area contributed by atoms with Crippen LogP contribution in [0.3, 0.4) is 0 Å². The molecule has 0 radical (unpaired) electrons. The molecule has 332 valence electrons. The van der Waals surface area contributed by atoms with Crippen molar-refractivity contribution in [1.29, 1.82) is 0 Å². The topological polar surface area (TPSA) is 6.48 Å². The Morgan fingerprint density at radius 3 is 1.51 bits per heavy atom. The van der Waals surface area contributed by atoms with E-state index in [9.17, 15) is 0 Å². The molecule has 0 N–H and O–H groups in total. The Hall–Kier alpha value is -5.02. The molecule has 2 nitrogen and oxygen atoms in total. The summed E-state index contributed by atoms with van der Waals surface area (Å²) in [5.41, 5.74) is 26.7. The van der Waals surface area contributed by atoms with Crippen molar-refractivity contribution in [3.63, 3.8) is 0 Å². The molecule has 0 bridgehead atoms. The Balaban J connectivity index is 1.25. The molecule has 0 saturated heterocycles. The molecule has 2 heterocycles. The van der Waals surface area contributed by atoms with Crippen LogP contribution in [0.5, 0.6) is 0 Å². The molecule has 3 heteroatoms. The molecule has 11 rings (SSSR count). The van der Waals surface area contributed by atoms with Gasteiger partial charge in [-0.05, 0) is 180 Å². The smallest absolute Gasteiger partial charge is 0.252 e. The van der Waals surface area contributed by atoms with Gasteiger partial charge in [-0.25, -0.2) is 0 Å². The Labute approximate surface area is 392 Å². The highest BCUT2D eigenvalue weighted by Crippen LogP contribution is 2.56. The fraction of sp³-hybridized carbons (Fsp3) is 0.419. The minimum absolute atomic E-state index is 0.0457. The minimum Gasteiger partial charge on any atom is -0.311 e. The van der Waals surface area contributed by atoms with Gasteiger partial charge in [-0.2, -0.15) is 0 Å². The molecule has 65 heavy (non-hydrogen) atoms. The van der Waals surface area contributed by atoms with Gasteiger partial charge in [0.15, 0.2) is 0 Å². The summed E-state index contributed by atoms with van der Waals surface area (Å²) >= 11 is 0. The van der Waals surface area contributed by atoms with Crippen molar-refractivity contribution in [3.05, 3.63) is 159 Å². The van der Waals surface area contributed by atoms with E-state index < -0.39 is 0 Å².